The van der Waals surface area contributed by atoms with Crippen LogP contribution in [0.15, 0.2) is 60.9 Å². The van der Waals surface area contributed by atoms with Crippen LogP contribution in [-0.2, 0) is 5.60 Å². The first-order valence-corrected chi connectivity index (χ1v) is 8.16. The number of rotatable bonds is 2. The minimum atomic E-state index is -3.38. The van der Waals surface area contributed by atoms with Crippen molar-refractivity contribution >= 4 is 11.6 Å². The van der Waals surface area contributed by atoms with E-state index in [-0.39, 0.29) is 16.1 Å². The molecule has 1 N–H and O–H groups in total. The highest BCUT2D eigenvalue weighted by molar-refractivity contribution is 6.31. The quantitative estimate of drug-likeness (QED) is 0.677. The Labute approximate surface area is 148 Å². The Morgan fingerprint density at radius 2 is 1.80 bits per heavy atom. The molecule has 25 heavy (non-hydrogen) atoms. The van der Waals surface area contributed by atoms with E-state index in [1.54, 1.807) is 42.7 Å². The summed E-state index contributed by atoms with van der Waals surface area (Å²) in [6.45, 7) is 0.726. The summed E-state index contributed by atoms with van der Waals surface area (Å²) >= 11 is 6.22. The Morgan fingerprint density at radius 1 is 1.04 bits per heavy atom. The number of hydrogen-bond acceptors (Lipinski definition) is 2. The summed E-state index contributed by atoms with van der Waals surface area (Å²) in [4.78, 5) is 4.10. The van der Waals surface area contributed by atoms with Crippen molar-refractivity contribution in [2.75, 3.05) is 0 Å². The van der Waals surface area contributed by atoms with Gasteiger partial charge in [0.2, 0.25) is 0 Å². The second kappa shape index (κ2) is 5.35. The number of pyridine rings is 1. The van der Waals surface area contributed by atoms with Crippen LogP contribution in [0.2, 0.25) is 5.02 Å². The van der Waals surface area contributed by atoms with Gasteiger partial charge in [0.25, 0.3) is 5.92 Å². The number of nitrogens with zero attached hydrogens (tertiary/aromatic N) is 1. The predicted octanol–water partition coefficient (Wildman–Crippen LogP) is 5.27. The lowest BCUT2D eigenvalue weighted by Gasteiger charge is -2.32. The molecule has 5 heteroatoms. The third-order valence-corrected chi connectivity index (χ3v) is 4.91. The summed E-state index contributed by atoms with van der Waals surface area (Å²) in [5, 5.41) is 11.4. The first kappa shape index (κ1) is 16.2. The molecule has 2 aromatic carbocycles. The molecule has 1 heterocycles. The Hall–Kier alpha value is -2.30. The normalized spacial score (nSPS) is 18.8. The molecule has 1 unspecified atom stereocenters. The van der Waals surface area contributed by atoms with Gasteiger partial charge in [-0.25, -0.2) is 8.78 Å². The van der Waals surface area contributed by atoms with Crippen molar-refractivity contribution in [1.29, 1.82) is 0 Å². The molecule has 0 aliphatic heterocycles. The highest BCUT2D eigenvalue weighted by Crippen LogP contribution is 2.57. The molecule has 0 bridgehead atoms. The molecule has 3 aromatic rings. The SMILES string of the molecule is CC(F)(F)C1(O)c2ccccc2-c2c(-c3cccnc3)cc(Cl)cc21. The zero-order valence-electron chi connectivity index (χ0n) is 13.3. The second-order valence-electron chi connectivity index (χ2n) is 6.26. The van der Waals surface area contributed by atoms with Crippen LogP contribution in [0, 0.1) is 0 Å². The van der Waals surface area contributed by atoms with Crippen LogP contribution in [0.5, 0.6) is 0 Å². The Bertz CT molecular complexity index is 969. The fraction of sp³-hybridized carbons (Fsp3) is 0.150. The Kier molecular flexibility index (Phi) is 3.46. The van der Waals surface area contributed by atoms with E-state index in [1.165, 1.54) is 12.1 Å². The van der Waals surface area contributed by atoms with Gasteiger partial charge in [-0.1, -0.05) is 41.9 Å². The van der Waals surface area contributed by atoms with E-state index < -0.39 is 11.5 Å². The van der Waals surface area contributed by atoms with Crippen molar-refractivity contribution < 1.29 is 13.9 Å². The molecule has 0 saturated carbocycles. The highest BCUT2D eigenvalue weighted by Gasteiger charge is 2.57. The fourth-order valence-corrected chi connectivity index (χ4v) is 3.78. The van der Waals surface area contributed by atoms with E-state index in [9.17, 15) is 13.9 Å². The number of aromatic nitrogens is 1. The lowest BCUT2D eigenvalue weighted by atomic mass is 9.85. The van der Waals surface area contributed by atoms with Crippen molar-refractivity contribution in [2.45, 2.75) is 18.4 Å². The monoisotopic (exact) mass is 357 g/mol. The average molecular weight is 358 g/mol. The van der Waals surface area contributed by atoms with E-state index in [2.05, 4.69) is 4.98 Å². The zero-order valence-corrected chi connectivity index (χ0v) is 14.1. The van der Waals surface area contributed by atoms with Crippen LogP contribution < -0.4 is 0 Å². The van der Waals surface area contributed by atoms with E-state index in [4.69, 9.17) is 11.6 Å². The predicted molar refractivity (Wildman–Crippen MR) is 93.7 cm³/mol. The van der Waals surface area contributed by atoms with Gasteiger partial charge < -0.3 is 5.11 Å². The van der Waals surface area contributed by atoms with Crippen LogP contribution in [0.1, 0.15) is 18.1 Å². The number of halogens is 3. The standard InChI is InChI=1S/C20H14ClF2NO/c1-19(22,23)20(25)16-7-3-2-6-14(16)18-15(9-13(21)10-17(18)20)12-5-4-8-24-11-12/h2-11,25H,1H3. The molecule has 0 amide bonds. The maximum Gasteiger partial charge on any atom is 0.281 e. The van der Waals surface area contributed by atoms with Gasteiger partial charge in [0, 0.05) is 41.0 Å². The van der Waals surface area contributed by atoms with E-state index in [0.717, 1.165) is 12.5 Å². The second-order valence-corrected chi connectivity index (χ2v) is 6.70. The number of benzene rings is 2. The summed E-state index contributed by atoms with van der Waals surface area (Å²) in [5.41, 5.74) is 0.440. The van der Waals surface area contributed by atoms with Gasteiger partial charge in [0.05, 0.1) is 0 Å². The van der Waals surface area contributed by atoms with E-state index in [1.807, 2.05) is 6.07 Å². The highest BCUT2D eigenvalue weighted by atomic mass is 35.5. The van der Waals surface area contributed by atoms with Crippen LogP contribution in [-0.4, -0.2) is 16.0 Å². The van der Waals surface area contributed by atoms with Gasteiger partial charge in [-0.05, 0) is 34.9 Å². The van der Waals surface area contributed by atoms with Crippen molar-refractivity contribution in [1.82, 2.24) is 4.98 Å². The van der Waals surface area contributed by atoms with Crippen LogP contribution in [0.4, 0.5) is 8.78 Å². The maximum absolute atomic E-state index is 14.5. The van der Waals surface area contributed by atoms with Crippen LogP contribution in [0.25, 0.3) is 22.3 Å². The topological polar surface area (TPSA) is 33.1 Å². The molecule has 1 aliphatic carbocycles. The molecule has 0 radical (unpaired) electrons. The van der Waals surface area contributed by atoms with Crippen LogP contribution >= 0.6 is 11.6 Å². The fourth-order valence-electron chi connectivity index (χ4n) is 3.57. The smallest absolute Gasteiger partial charge is 0.281 e. The van der Waals surface area contributed by atoms with Gasteiger partial charge in [-0.2, -0.15) is 0 Å². The molecule has 0 spiro atoms. The third-order valence-electron chi connectivity index (χ3n) is 4.69. The molecule has 1 atom stereocenters. The molecule has 1 aliphatic rings. The molecule has 0 saturated heterocycles. The number of hydrogen-bond donors (Lipinski definition) is 1. The zero-order chi connectivity index (χ0) is 17.8. The summed E-state index contributed by atoms with van der Waals surface area (Å²) < 4.78 is 29.1. The van der Waals surface area contributed by atoms with E-state index >= 15 is 0 Å². The molecular formula is C20H14ClF2NO. The molecule has 2 nitrogen and oxygen atoms in total. The number of fused-ring (bicyclic) bond motifs is 3. The summed E-state index contributed by atoms with van der Waals surface area (Å²) in [6, 6.07) is 13.4. The van der Waals surface area contributed by atoms with E-state index in [0.29, 0.717) is 16.7 Å². The lowest BCUT2D eigenvalue weighted by molar-refractivity contribution is -0.148. The molecular weight excluding hydrogens is 344 g/mol. The first-order chi connectivity index (χ1) is 11.8. The van der Waals surface area contributed by atoms with Crippen LogP contribution in [0.3, 0.4) is 0 Å². The lowest BCUT2D eigenvalue weighted by Crippen LogP contribution is -2.42. The summed E-state index contributed by atoms with van der Waals surface area (Å²) in [5.74, 6) is -3.38. The number of aliphatic hydroxyl groups is 1. The van der Waals surface area contributed by atoms with Crippen molar-refractivity contribution in [3.05, 3.63) is 77.1 Å². The van der Waals surface area contributed by atoms with Crippen molar-refractivity contribution in [2.24, 2.45) is 0 Å². The minimum Gasteiger partial charge on any atom is -0.374 e. The Balaban J connectivity index is 2.14. The molecule has 4 rings (SSSR count). The van der Waals surface area contributed by atoms with Gasteiger partial charge in [0.15, 0.2) is 5.60 Å². The van der Waals surface area contributed by atoms with Gasteiger partial charge in [-0.3, -0.25) is 4.98 Å². The number of alkyl halides is 2. The van der Waals surface area contributed by atoms with Gasteiger partial charge in [-0.15, -0.1) is 0 Å². The van der Waals surface area contributed by atoms with Gasteiger partial charge >= 0.3 is 0 Å². The third kappa shape index (κ3) is 2.21. The summed E-state index contributed by atoms with van der Waals surface area (Å²) in [7, 11) is 0. The molecule has 126 valence electrons. The molecule has 1 aromatic heterocycles. The minimum absolute atomic E-state index is 0.118. The average Bonchev–Trinajstić information content (AvgIpc) is 2.85. The Morgan fingerprint density at radius 3 is 2.48 bits per heavy atom. The largest absolute Gasteiger partial charge is 0.374 e. The summed E-state index contributed by atoms with van der Waals surface area (Å²) in [6.07, 6.45) is 3.29. The molecule has 0 fully saturated rings. The van der Waals surface area contributed by atoms with Gasteiger partial charge in [0.1, 0.15) is 0 Å². The first-order valence-electron chi connectivity index (χ1n) is 7.78. The van der Waals surface area contributed by atoms with Crippen molar-refractivity contribution in [3.63, 3.8) is 0 Å². The van der Waals surface area contributed by atoms with Crippen molar-refractivity contribution in [3.8, 4) is 22.3 Å². The maximum atomic E-state index is 14.5.